The maximum absolute atomic E-state index is 12.9. The van der Waals surface area contributed by atoms with Gasteiger partial charge in [-0.15, -0.1) is 0 Å². The number of nitrogen functional groups attached to an aromatic ring is 1. The molecule has 2 atom stereocenters. The second kappa shape index (κ2) is 8.95. The Balaban J connectivity index is 1.43. The van der Waals surface area contributed by atoms with Gasteiger partial charge in [-0.25, -0.2) is 4.98 Å². The van der Waals surface area contributed by atoms with E-state index >= 15 is 0 Å². The van der Waals surface area contributed by atoms with Gasteiger partial charge in [0.2, 0.25) is 0 Å². The average molecular weight is 471 g/mol. The van der Waals surface area contributed by atoms with Gasteiger partial charge in [-0.1, -0.05) is 28.1 Å². The van der Waals surface area contributed by atoms with E-state index in [0.717, 1.165) is 21.2 Å². The second-order valence-corrected chi connectivity index (χ2v) is 8.19. The molecule has 0 saturated carbocycles. The van der Waals surface area contributed by atoms with Crippen molar-refractivity contribution in [2.75, 3.05) is 18.8 Å². The van der Waals surface area contributed by atoms with Crippen molar-refractivity contribution in [3.8, 4) is 11.1 Å². The van der Waals surface area contributed by atoms with E-state index in [1.165, 1.54) is 0 Å². The molecule has 1 aliphatic rings. The van der Waals surface area contributed by atoms with Crippen LogP contribution in [-0.4, -0.2) is 45.9 Å². The number of rotatable bonds is 6. The lowest BCUT2D eigenvalue weighted by molar-refractivity contribution is 0.0358. The van der Waals surface area contributed by atoms with E-state index in [9.17, 15) is 4.79 Å². The summed E-state index contributed by atoms with van der Waals surface area (Å²) >= 11 is 3.43. The number of nitrogens with two attached hydrogens (primary N) is 1. The minimum absolute atomic E-state index is 0.131. The molecule has 0 radical (unpaired) electrons. The van der Waals surface area contributed by atoms with Gasteiger partial charge >= 0.3 is 0 Å². The zero-order chi connectivity index (χ0) is 21.1. The van der Waals surface area contributed by atoms with Crippen LogP contribution in [0.3, 0.4) is 0 Å². The number of carbonyl (C=O) groups excluding carboxylic acids is 1. The molecule has 0 spiro atoms. The molecule has 4 N–H and O–H groups in total. The number of aryl methyl sites for hydroxylation is 1. The van der Waals surface area contributed by atoms with E-state index in [-0.39, 0.29) is 23.9 Å². The average Bonchev–Trinajstić information content (AvgIpc) is 3.36. The summed E-state index contributed by atoms with van der Waals surface area (Å²) in [6, 6.07) is 9.57. The quantitative estimate of drug-likeness (QED) is 0.509. The number of carbonyl (C=O) groups is 1. The molecule has 1 aliphatic heterocycles. The van der Waals surface area contributed by atoms with Gasteiger partial charge in [0, 0.05) is 48.1 Å². The first-order chi connectivity index (χ1) is 14.5. The van der Waals surface area contributed by atoms with Crippen molar-refractivity contribution in [3.05, 3.63) is 64.5 Å². The van der Waals surface area contributed by atoms with Gasteiger partial charge in [-0.05, 0) is 23.8 Å². The fraction of sp³-hybridized carbons (Fsp3) is 0.286. The van der Waals surface area contributed by atoms with Crippen molar-refractivity contribution in [3.63, 3.8) is 0 Å². The van der Waals surface area contributed by atoms with Crippen LogP contribution in [-0.2, 0) is 18.4 Å². The molecule has 0 bridgehead atoms. The van der Waals surface area contributed by atoms with Crippen molar-refractivity contribution >= 4 is 27.7 Å². The van der Waals surface area contributed by atoms with Gasteiger partial charge in [-0.3, -0.25) is 9.48 Å². The van der Waals surface area contributed by atoms with Crippen molar-refractivity contribution in [2.24, 2.45) is 7.05 Å². The van der Waals surface area contributed by atoms with Crippen LogP contribution in [0.2, 0.25) is 0 Å². The van der Waals surface area contributed by atoms with Crippen molar-refractivity contribution in [1.29, 1.82) is 0 Å². The van der Waals surface area contributed by atoms with Crippen LogP contribution in [0, 0.1) is 0 Å². The molecule has 1 amide bonds. The zero-order valence-corrected chi connectivity index (χ0v) is 18.1. The number of hydrogen-bond donors (Lipinski definition) is 3. The minimum atomic E-state index is -0.267. The second-order valence-electron chi connectivity index (χ2n) is 7.27. The Morgan fingerprint density at radius 1 is 1.30 bits per heavy atom. The Morgan fingerprint density at radius 3 is 2.83 bits per heavy atom. The number of halogens is 1. The van der Waals surface area contributed by atoms with Crippen molar-refractivity contribution in [1.82, 2.24) is 25.4 Å². The van der Waals surface area contributed by atoms with Crippen LogP contribution in [0.5, 0.6) is 0 Å². The summed E-state index contributed by atoms with van der Waals surface area (Å²) in [4.78, 5) is 17.1. The smallest absolute Gasteiger partial charge is 0.255 e. The topological polar surface area (TPSA) is 107 Å². The summed E-state index contributed by atoms with van der Waals surface area (Å²) in [6.45, 7) is 1.78. The van der Waals surface area contributed by atoms with Crippen LogP contribution >= 0.6 is 15.9 Å². The molecule has 9 heteroatoms. The largest absolute Gasteiger partial charge is 0.383 e. The molecule has 1 fully saturated rings. The monoisotopic (exact) mass is 470 g/mol. The number of benzene rings is 1. The molecule has 3 aromatic rings. The van der Waals surface area contributed by atoms with E-state index in [0.29, 0.717) is 25.3 Å². The third kappa shape index (κ3) is 4.69. The standard InChI is InChI=1S/C21H23BrN6O2/c1-28-11-15(8-26-28)14-6-17(20(23)25-7-14)21(29)27-18-9-24-10-19(18)30-12-13-2-4-16(22)5-3-13/h2-8,11,18-19,24H,9-10,12H2,1H3,(H2,23,25)(H,27,29)/t18-,19-/m0/s1. The highest BCUT2D eigenvalue weighted by atomic mass is 79.9. The van der Waals surface area contributed by atoms with E-state index in [2.05, 4.69) is 36.6 Å². The third-order valence-corrected chi connectivity index (χ3v) is 5.58. The summed E-state index contributed by atoms with van der Waals surface area (Å²) in [5.41, 5.74) is 9.06. The molecule has 0 aliphatic carbocycles. The predicted molar refractivity (Wildman–Crippen MR) is 118 cm³/mol. The van der Waals surface area contributed by atoms with Gasteiger partial charge in [0.05, 0.1) is 30.5 Å². The van der Waals surface area contributed by atoms with Crippen LogP contribution in [0.4, 0.5) is 5.82 Å². The van der Waals surface area contributed by atoms with Gasteiger partial charge in [0.15, 0.2) is 0 Å². The van der Waals surface area contributed by atoms with E-state index in [4.69, 9.17) is 10.5 Å². The molecule has 30 heavy (non-hydrogen) atoms. The van der Waals surface area contributed by atoms with E-state index < -0.39 is 0 Å². The molecule has 2 aromatic heterocycles. The Hall–Kier alpha value is -2.75. The third-order valence-electron chi connectivity index (χ3n) is 5.05. The Bertz CT molecular complexity index is 1040. The van der Waals surface area contributed by atoms with Crippen molar-refractivity contribution < 1.29 is 9.53 Å². The van der Waals surface area contributed by atoms with E-state index in [1.807, 2.05) is 37.5 Å². The van der Waals surface area contributed by atoms with Gasteiger partial charge in [-0.2, -0.15) is 5.10 Å². The first kappa shape index (κ1) is 20.5. The number of ether oxygens (including phenoxy) is 1. The predicted octanol–water partition coefficient (Wildman–Crippen LogP) is 2.11. The molecule has 156 valence electrons. The first-order valence-electron chi connectivity index (χ1n) is 9.62. The lowest BCUT2D eigenvalue weighted by Gasteiger charge is -2.21. The van der Waals surface area contributed by atoms with Crippen LogP contribution in [0.1, 0.15) is 15.9 Å². The summed E-state index contributed by atoms with van der Waals surface area (Å²) in [6.07, 6.45) is 5.10. The van der Waals surface area contributed by atoms with Crippen molar-refractivity contribution in [2.45, 2.75) is 18.8 Å². The Morgan fingerprint density at radius 2 is 2.10 bits per heavy atom. The van der Waals surface area contributed by atoms with Gasteiger partial charge in [0.25, 0.3) is 5.91 Å². The number of amides is 1. The molecule has 3 heterocycles. The SMILES string of the molecule is Cn1cc(-c2cnc(N)c(C(=O)N[C@H]3CNC[C@@H]3OCc3ccc(Br)cc3)c2)cn1. The van der Waals surface area contributed by atoms with Crippen LogP contribution < -0.4 is 16.4 Å². The number of anilines is 1. The number of nitrogens with one attached hydrogen (secondary N) is 2. The Labute approximate surface area is 183 Å². The first-order valence-corrected chi connectivity index (χ1v) is 10.4. The van der Waals surface area contributed by atoms with Crippen LogP contribution in [0.25, 0.3) is 11.1 Å². The molecule has 0 unspecified atom stereocenters. The molecule has 1 saturated heterocycles. The summed E-state index contributed by atoms with van der Waals surface area (Å²) in [7, 11) is 1.84. The number of pyridine rings is 1. The molecular formula is C21H23BrN6O2. The zero-order valence-electron chi connectivity index (χ0n) is 16.5. The summed E-state index contributed by atoms with van der Waals surface area (Å²) < 4.78 is 8.78. The molecule has 4 rings (SSSR count). The number of aromatic nitrogens is 3. The van der Waals surface area contributed by atoms with Crippen LogP contribution in [0.15, 0.2) is 53.4 Å². The number of hydrogen-bond acceptors (Lipinski definition) is 6. The summed E-state index contributed by atoms with van der Waals surface area (Å²) in [5.74, 6) is -0.0740. The number of nitrogens with zero attached hydrogens (tertiary/aromatic N) is 3. The fourth-order valence-corrected chi connectivity index (χ4v) is 3.65. The highest BCUT2D eigenvalue weighted by Gasteiger charge is 2.30. The normalized spacial score (nSPS) is 18.5. The highest BCUT2D eigenvalue weighted by Crippen LogP contribution is 2.22. The lowest BCUT2D eigenvalue weighted by Crippen LogP contribution is -2.44. The maximum Gasteiger partial charge on any atom is 0.255 e. The van der Waals surface area contributed by atoms with Gasteiger partial charge < -0.3 is 21.1 Å². The lowest BCUT2D eigenvalue weighted by atomic mass is 10.1. The Kier molecular flexibility index (Phi) is 6.12. The summed E-state index contributed by atoms with van der Waals surface area (Å²) in [5, 5.41) is 10.5. The maximum atomic E-state index is 12.9. The highest BCUT2D eigenvalue weighted by molar-refractivity contribution is 9.10. The fourth-order valence-electron chi connectivity index (χ4n) is 3.39. The molecule has 8 nitrogen and oxygen atoms in total. The van der Waals surface area contributed by atoms with E-state index in [1.54, 1.807) is 23.1 Å². The molecule has 1 aromatic carbocycles. The minimum Gasteiger partial charge on any atom is -0.383 e. The van der Waals surface area contributed by atoms with Gasteiger partial charge in [0.1, 0.15) is 5.82 Å². The molecular weight excluding hydrogens is 448 g/mol.